The van der Waals surface area contributed by atoms with Crippen LogP contribution in [0.3, 0.4) is 0 Å². The molecule has 1 aromatic heterocycles. The molecule has 0 bridgehead atoms. The first-order valence-electron chi connectivity index (χ1n) is 13.5. The first-order valence-corrected chi connectivity index (χ1v) is 13.5. The number of fused-ring (bicyclic) bond motifs is 3. The molecule has 2 amide bonds. The number of carboxylic acids is 1. The lowest BCUT2D eigenvalue weighted by molar-refractivity contribution is 0.0271. The molecular weight excluding hydrogens is 510 g/mol. The maximum Gasteiger partial charge on any atom is 0.410 e. The van der Waals surface area contributed by atoms with E-state index in [0.29, 0.717) is 30.9 Å². The normalized spacial score (nSPS) is 16.4. The number of H-pyrrole nitrogens is 1. The van der Waals surface area contributed by atoms with Crippen molar-refractivity contribution in [3.8, 4) is 11.1 Å². The Labute approximate surface area is 233 Å². The van der Waals surface area contributed by atoms with Crippen molar-refractivity contribution in [2.24, 2.45) is 0 Å². The molecule has 40 heavy (non-hydrogen) atoms. The highest BCUT2D eigenvalue weighted by Gasteiger charge is 2.37. The summed E-state index contributed by atoms with van der Waals surface area (Å²) in [4.78, 5) is 44.3. The van der Waals surface area contributed by atoms with Crippen molar-refractivity contribution in [1.29, 1.82) is 0 Å². The minimum absolute atomic E-state index is 0.0913. The Balaban J connectivity index is 1.36. The van der Waals surface area contributed by atoms with Crippen LogP contribution < -0.4 is 0 Å². The average Bonchev–Trinajstić information content (AvgIpc) is 3.61. The summed E-state index contributed by atoms with van der Waals surface area (Å²) in [5.41, 5.74) is 5.14. The molecule has 0 saturated carbocycles. The van der Waals surface area contributed by atoms with Crippen LogP contribution in [0.1, 0.15) is 66.0 Å². The summed E-state index contributed by atoms with van der Waals surface area (Å²) in [6.07, 6.45) is -0.386. The van der Waals surface area contributed by atoms with Gasteiger partial charge in [0.15, 0.2) is 0 Å². The summed E-state index contributed by atoms with van der Waals surface area (Å²) >= 11 is 0. The molecule has 2 heterocycles. The minimum atomic E-state index is -1.04. The van der Waals surface area contributed by atoms with E-state index >= 15 is 0 Å². The van der Waals surface area contributed by atoms with Gasteiger partial charge in [-0.05, 0) is 62.4 Å². The summed E-state index contributed by atoms with van der Waals surface area (Å²) in [5.74, 6) is -1.13. The molecule has 2 aliphatic rings. The second-order valence-electron chi connectivity index (χ2n) is 11.4. The quantitative estimate of drug-likeness (QED) is 0.406. The second kappa shape index (κ2) is 10.7. The zero-order valence-electron chi connectivity index (χ0n) is 23.3. The predicted octanol–water partition coefficient (Wildman–Crippen LogP) is 5.78. The number of hydrogen-bond donors (Lipinski definition) is 2. The number of carboxylic acid groups (broad SMARTS) is 1. The molecule has 1 atom stereocenters. The third-order valence-electron chi connectivity index (χ3n) is 7.47. The number of aryl methyl sites for hydroxylation is 1. The van der Waals surface area contributed by atoms with Crippen molar-refractivity contribution in [3.05, 3.63) is 82.7 Å². The Kier molecular flexibility index (Phi) is 7.31. The molecule has 3 aromatic rings. The highest BCUT2D eigenvalue weighted by Crippen LogP contribution is 2.44. The fraction of sp³-hybridized carbons (Fsp3) is 0.387. The maximum absolute atomic E-state index is 13.7. The molecule has 0 spiro atoms. The number of aromatic nitrogens is 1. The lowest BCUT2D eigenvalue weighted by Crippen LogP contribution is -2.43. The van der Waals surface area contributed by atoms with Crippen molar-refractivity contribution < 1.29 is 29.0 Å². The van der Waals surface area contributed by atoms with E-state index < -0.39 is 23.8 Å². The Morgan fingerprint density at radius 3 is 2.25 bits per heavy atom. The zero-order valence-corrected chi connectivity index (χ0v) is 23.3. The Morgan fingerprint density at radius 2 is 1.68 bits per heavy atom. The molecular formula is C31H35N3O6. The Hall–Kier alpha value is -4.27. The topological polar surface area (TPSA) is 112 Å². The van der Waals surface area contributed by atoms with E-state index in [2.05, 4.69) is 29.2 Å². The zero-order chi connectivity index (χ0) is 28.6. The van der Waals surface area contributed by atoms with Gasteiger partial charge in [0.05, 0.1) is 18.2 Å². The van der Waals surface area contributed by atoms with E-state index in [-0.39, 0.29) is 30.7 Å². The number of carbonyl (C=O) groups excluding carboxylic acids is 2. The molecule has 2 aromatic carbocycles. The van der Waals surface area contributed by atoms with E-state index in [0.717, 1.165) is 22.3 Å². The standard InChI is InChI=1S/C31H35N3O6/c1-19-26(28(35)36)15-20(32-19)16-34(21-13-14-33(17-21)29(37)40-31(2,3)4)30(38)39-18-27-24-11-7-5-9-22(24)23-10-6-8-12-25(23)27/h5-12,15,21,27,32H,13-14,16-18H2,1-4H3,(H,35,36). The summed E-state index contributed by atoms with van der Waals surface area (Å²) in [7, 11) is 0. The maximum atomic E-state index is 13.7. The Bertz CT molecular complexity index is 1390. The van der Waals surface area contributed by atoms with E-state index in [9.17, 15) is 19.5 Å². The first-order chi connectivity index (χ1) is 19.0. The van der Waals surface area contributed by atoms with Crippen molar-refractivity contribution in [2.75, 3.05) is 19.7 Å². The number of hydrogen-bond acceptors (Lipinski definition) is 5. The van der Waals surface area contributed by atoms with E-state index in [1.165, 1.54) is 0 Å². The van der Waals surface area contributed by atoms with Gasteiger partial charge < -0.3 is 24.5 Å². The van der Waals surface area contributed by atoms with Gasteiger partial charge in [0.25, 0.3) is 0 Å². The van der Waals surface area contributed by atoms with Crippen LogP contribution in [0.25, 0.3) is 11.1 Å². The van der Waals surface area contributed by atoms with Gasteiger partial charge in [-0.2, -0.15) is 0 Å². The van der Waals surface area contributed by atoms with Crippen molar-refractivity contribution >= 4 is 18.2 Å². The lowest BCUT2D eigenvalue weighted by atomic mass is 9.98. The third-order valence-corrected chi connectivity index (χ3v) is 7.47. The van der Waals surface area contributed by atoms with Gasteiger partial charge >= 0.3 is 18.2 Å². The number of nitrogens with zero attached hydrogens (tertiary/aromatic N) is 2. The molecule has 0 radical (unpaired) electrons. The van der Waals surface area contributed by atoms with E-state index in [4.69, 9.17) is 9.47 Å². The van der Waals surface area contributed by atoms with Crippen LogP contribution in [-0.2, 0) is 16.0 Å². The first kappa shape index (κ1) is 27.3. The fourth-order valence-corrected chi connectivity index (χ4v) is 5.63. The number of likely N-dealkylation sites (tertiary alicyclic amines) is 1. The van der Waals surface area contributed by atoms with Gasteiger partial charge in [-0.25, -0.2) is 14.4 Å². The second-order valence-corrected chi connectivity index (χ2v) is 11.4. The van der Waals surface area contributed by atoms with Crippen LogP contribution in [0.4, 0.5) is 9.59 Å². The number of amides is 2. The number of rotatable bonds is 6. The van der Waals surface area contributed by atoms with Gasteiger partial charge in [-0.1, -0.05) is 48.5 Å². The highest BCUT2D eigenvalue weighted by atomic mass is 16.6. The number of aromatic amines is 1. The lowest BCUT2D eigenvalue weighted by Gasteiger charge is -2.29. The number of carbonyl (C=O) groups is 3. The fourth-order valence-electron chi connectivity index (χ4n) is 5.63. The van der Waals surface area contributed by atoms with Crippen LogP contribution >= 0.6 is 0 Å². The summed E-state index contributed by atoms with van der Waals surface area (Å²) in [6.45, 7) is 8.15. The molecule has 9 nitrogen and oxygen atoms in total. The number of ether oxygens (including phenoxy) is 2. The predicted molar refractivity (Wildman–Crippen MR) is 149 cm³/mol. The molecule has 1 aliphatic heterocycles. The molecule has 5 rings (SSSR count). The number of aromatic carboxylic acids is 1. The number of nitrogens with one attached hydrogen (secondary N) is 1. The summed E-state index contributed by atoms with van der Waals surface area (Å²) in [5, 5.41) is 9.50. The van der Waals surface area contributed by atoms with Gasteiger partial charge in [0.1, 0.15) is 12.2 Å². The molecule has 1 aliphatic carbocycles. The Morgan fingerprint density at radius 1 is 1.05 bits per heavy atom. The van der Waals surface area contributed by atoms with Gasteiger partial charge in [-0.15, -0.1) is 0 Å². The van der Waals surface area contributed by atoms with Crippen LogP contribution in [0, 0.1) is 6.92 Å². The largest absolute Gasteiger partial charge is 0.478 e. The van der Waals surface area contributed by atoms with Crippen molar-refractivity contribution in [1.82, 2.24) is 14.8 Å². The van der Waals surface area contributed by atoms with Crippen LogP contribution in [0.15, 0.2) is 54.6 Å². The molecule has 210 valence electrons. The van der Waals surface area contributed by atoms with Gasteiger partial charge in [-0.3, -0.25) is 4.90 Å². The van der Waals surface area contributed by atoms with Crippen molar-refractivity contribution in [3.63, 3.8) is 0 Å². The van der Waals surface area contributed by atoms with Crippen molar-refractivity contribution in [2.45, 2.75) is 58.2 Å². The molecule has 2 N–H and O–H groups in total. The van der Waals surface area contributed by atoms with Crippen LogP contribution in [-0.4, -0.2) is 69.4 Å². The van der Waals surface area contributed by atoms with E-state index in [1.807, 2.05) is 45.0 Å². The van der Waals surface area contributed by atoms with Crippen LogP contribution in [0.2, 0.25) is 0 Å². The number of benzene rings is 2. The summed E-state index contributed by atoms with van der Waals surface area (Å²) < 4.78 is 11.5. The minimum Gasteiger partial charge on any atom is -0.478 e. The molecule has 9 heteroatoms. The highest BCUT2D eigenvalue weighted by molar-refractivity contribution is 5.89. The summed E-state index contributed by atoms with van der Waals surface area (Å²) in [6, 6.07) is 17.5. The third kappa shape index (κ3) is 5.54. The average molecular weight is 546 g/mol. The molecule has 1 saturated heterocycles. The van der Waals surface area contributed by atoms with Crippen LogP contribution in [0.5, 0.6) is 0 Å². The smallest absolute Gasteiger partial charge is 0.410 e. The molecule has 1 unspecified atom stereocenters. The SMILES string of the molecule is Cc1[nH]c(CN(C(=O)OCC2c3ccccc3-c3ccccc32)C2CCN(C(=O)OC(C)(C)C)C2)cc1C(=O)O. The van der Waals surface area contributed by atoms with E-state index in [1.54, 1.807) is 22.8 Å². The monoisotopic (exact) mass is 545 g/mol. The van der Waals surface area contributed by atoms with Gasteiger partial charge in [0, 0.05) is 30.4 Å². The van der Waals surface area contributed by atoms with Gasteiger partial charge in [0.2, 0.25) is 0 Å². The molecule has 1 fully saturated rings.